The highest BCUT2D eigenvalue weighted by Crippen LogP contribution is 2.29. The van der Waals surface area contributed by atoms with Crippen LogP contribution in [0.15, 0.2) is 24.3 Å². The minimum atomic E-state index is -0.482. The number of anilines is 1. The lowest BCUT2D eigenvalue weighted by Gasteiger charge is -2.25. The average Bonchev–Trinajstić information content (AvgIpc) is 2.39. The van der Waals surface area contributed by atoms with Crippen LogP contribution in [0.2, 0.25) is 0 Å². The number of carbonyl (C=O) groups is 1. The van der Waals surface area contributed by atoms with Gasteiger partial charge in [0.1, 0.15) is 5.69 Å². The SMILES string of the molecule is CC(=O)N1CC=C(c2ccc(N)c([N+](=O)[O-])c2)CC1. The molecule has 1 aliphatic heterocycles. The van der Waals surface area contributed by atoms with Gasteiger partial charge in [-0.1, -0.05) is 12.1 Å². The Labute approximate surface area is 110 Å². The summed E-state index contributed by atoms with van der Waals surface area (Å²) in [7, 11) is 0. The lowest BCUT2D eigenvalue weighted by molar-refractivity contribution is -0.383. The highest BCUT2D eigenvalue weighted by Gasteiger charge is 2.18. The van der Waals surface area contributed by atoms with Crippen molar-refractivity contribution in [2.24, 2.45) is 0 Å². The molecule has 0 saturated heterocycles. The monoisotopic (exact) mass is 261 g/mol. The van der Waals surface area contributed by atoms with Crippen LogP contribution in [0.25, 0.3) is 5.57 Å². The quantitative estimate of drug-likeness (QED) is 0.499. The maximum Gasteiger partial charge on any atom is 0.292 e. The summed E-state index contributed by atoms with van der Waals surface area (Å²) in [4.78, 5) is 23.3. The van der Waals surface area contributed by atoms with E-state index >= 15 is 0 Å². The summed E-state index contributed by atoms with van der Waals surface area (Å²) in [5.74, 6) is 0.0404. The maximum absolute atomic E-state index is 11.2. The van der Waals surface area contributed by atoms with Crippen LogP contribution in [0, 0.1) is 10.1 Å². The molecule has 1 aromatic carbocycles. The molecule has 0 bridgehead atoms. The van der Waals surface area contributed by atoms with Crippen LogP contribution in [0.4, 0.5) is 11.4 Å². The Kier molecular flexibility index (Phi) is 3.50. The Morgan fingerprint density at radius 3 is 2.74 bits per heavy atom. The molecule has 0 radical (unpaired) electrons. The summed E-state index contributed by atoms with van der Waals surface area (Å²) in [6.45, 7) is 2.72. The molecule has 2 rings (SSSR count). The first-order valence-electron chi connectivity index (χ1n) is 5.98. The zero-order valence-electron chi connectivity index (χ0n) is 10.6. The zero-order chi connectivity index (χ0) is 14.0. The van der Waals surface area contributed by atoms with Gasteiger partial charge in [0.25, 0.3) is 5.69 Å². The fourth-order valence-electron chi connectivity index (χ4n) is 2.12. The molecule has 6 heteroatoms. The number of rotatable bonds is 2. The predicted octanol–water partition coefficient (Wildman–Crippen LogP) is 1.81. The second-order valence-corrected chi connectivity index (χ2v) is 4.48. The van der Waals surface area contributed by atoms with E-state index in [2.05, 4.69) is 0 Å². The Bertz CT molecular complexity index is 566. The molecule has 1 aliphatic rings. The first-order valence-corrected chi connectivity index (χ1v) is 5.98. The van der Waals surface area contributed by atoms with Gasteiger partial charge in [-0.25, -0.2) is 0 Å². The van der Waals surface area contributed by atoms with Crippen molar-refractivity contribution in [1.29, 1.82) is 0 Å². The Morgan fingerprint density at radius 1 is 1.47 bits per heavy atom. The minimum absolute atomic E-state index is 0.0404. The topological polar surface area (TPSA) is 89.5 Å². The maximum atomic E-state index is 11.2. The fourth-order valence-corrected chi connectivity index (χ4v) is 2.12. The average molecular weight is 261 g/mol. The van der Waals surface area contributed by atoms with E-state index in [0.717, 1.165) is 11.1 Å². The minimum Gasteiger partial charge on any atom is -0.393 e. The molecule has 0 aliphatic carbocycles. The van der Waals surface area contributed by atoms with Gasteiger partial charge < -0.3 is 10.6 Å². The Hall–Kier alpha value is -2.37. The molecule has 0 spiro atoms. The number of nitro benzene ring substituents is 1. The summed E-state index contributed by atoms with van der Waals surface area (Å²) in [5.41, 5.74) is 7.46. The number of nitrogens with zero attached hydrogens (tertiary/aromatic N) is 2. The molecule has 1 heterocycles. The van der Waals surface area contributed by atoms with E-state index in [0.29, 0.717) is 19.5 Å². The van der Waals surface area contributed by atoms with Crippen molar-refractivity contribution >= 4 is 22.9 Å². The molecular formula is C13H15N3O3. The molecule has 0 saturated carbocycles. The van der Waals surface area contributed by atoms with Crippen molar-refractivity contribution in [3.05, 3.63) is 40.0 Å². The number of amides is 1. The standard InChI is InChI=1S/C13H15N3O3/c1-9(17)15-6-4-10(5-7-15)11-2-3-12(14)13(8-11)16(18)19/h2-4,8H,5-7,14H2,1H3. The van der Waals surface area contributed by atoms with Gasteiger partial charge in [0.2, 0.25) is 5.91 Å². The smallest absolute Gasteiger partial charge is 0.292 e. The second-order valence-electron chi connectivity index (χ2n) is 4.48. The van der Waals surface area contributed by atoms with Crippen molar-refractivity contribution in [1.82, 2.24) is 4.90 Å². The third-order valence-electron chi connectivity index (χ3n) is 3.25. The third-order valence-corrected chi connectivity index (χ3v) is 3.25. The van der Waals surface area contributed by atoms with Crippen molar-refractivity contribution in [3.63, 3.8) is 0 Å². The van der Waals surface area contributed by atoms with Gasteiger partial charge in [0.15, 0.2) is 0 Å². The van der Waals surface area contributed by atoms with Crippen LogP contribution < -0.4 is 5.73 Å². The molecule has 0 unspecified atom stereocenters. The predicted molar refractivity (Wildman–Crippen MR) is 72.4 cm³/mol. The molecule has 1 amide bonds. The van der Waals surface area contributed by atoms with E-state index in [9.17, 15) is 14.9 Å². The number of nitrogen functional groups attached to an aromatic ring is 1. The highest BCUT2D eigenvalue weighted by atomic mass is 16.6. The van der Waals surface area contributed by atoms with E-state index in [1.807, 2.05) is 6.08 Å². The van der Waals surface area contributed by atoms with E-state index in [1.54, 1.807) is 17.0 Å². The van der Waals surface area contributed by atoms with Crippen molar-refractivity contribution in [2.45, 2.75) is 13.3 Å². The van der Waals surface area contributed by atoms with Crippen LogP contribution in [-0.4, -0.2) is 28.8 Å². The molecule has 6 nitrogen and oxygen atoms in total. The molecule has 0 aromatic heterocycles. The number of nitro groups is 1. The third kappa shape index (κ3) is 2.73. The summed E-state index contributed by atoms with van der Waals surface area (Å²) in [5, 5.41) is 10.9. The van der Waals surface area contributed by atoms with E-state index in [-0.39, 0.29) is 17.3 Å². The summed E-state index contributed by atoms with van der Waals surface area (Å²) in [6.07, 6.45) is 2.63. The number of carbonyl (C=O) groups excluding carboxylic acids is 1. The van der Waals surface area contributed by atoms with E-state index in [1.165, 1.54) is 13.0 Å². The van der Waals surface area contributed by atoms with Crippen LogP contribution in [-0.2, 0) is 4.79 Å². The van der Waals surface area contributed by atoms with Gasteiger partial charge in [-0.05, 0) is 23.6 Å². The first-order chi connectivity index (χ1) is 8.99. The van der Waals surface area contributed by atoms with Gasteiger partial charge >= 0.3 is 0 Å². The number of hydrogen-bond donors (Lipinski definition) is 1. The second kappa shape index (κ2) is 5.09. The van der Waals surface area contributed by atoms with Crippen LogP contribution in [0.3, 0.4) is 0 Å². The van der Waals surface area contributed by atoms with Gasteiger partial charge in [-0.3, -0.25) is 14.9 Å². The highest BCUT2D eigenvalue weighted by molar-refractivity contribution is 5.77. The van der Waals surface area contributed by atoms with Crippen molar-refractivity contribution in [3.8, 4) is 0 Å². The van der Waals surface area contributed by atoms with Crippen LogP contribution >= 0.6 is 0 Å². The molecule has 0 fully saturated rings. The Balaban J connectivity index is 2.26. The van der Waals surface area contributed by atoms with Crippen molar-refractivity contribution < 1.29 is 9.72 Å². The molecule has 19 heavy (non-hydrogen) atoms. The normalized spacial score (nSPS) is 15.0. The van der Waals surface area contributed by atoms with Gasteiger partial charge in [0.05, 0.1) is 4.92 Å². The van der Waals surface area contributed by atoms with Gasteiger partial charge in [-0.2, -0.15) is 0 Å². The fraction of sp³-hybridized carbons (Fsp3) is 0.308. The molecule has 2 N–H and O–H groups in total. The first kappa shape index (κ1) is 13.1. The lowest BCUT2D eigenvalue weighted by Crippen LogP contribution is -2.32. The zero-order valence-corrected chi connectivity index (χ0v) is 10.6. The summed E-state index contributed by atoms with van der Waals surface area (Å²) < 4.78 is 0. The van der Waals surface area contributed by atoms with E-state index < -0.39 is 4.92 Å². The summed E-state index contributed by atoms with van der Waals surface area (Å²) >= 11 is 0. The van der Waals surface area contributed by atoms with Crippen molar-refractivity contribution in [2.75, 3.05) is 18.8 Å². The molecular weight excluding hydrogens is 246 g/mol. The molecule has 100 valence electrons. The van der Waals surface area contributed by atoms with E-state index in [4.69, 9.17) is 5.73 Å². The van der Waals surface area contributed by atoms with Gasteiger partial charge in [0, 0.05) is 26.1 Å². The largest absolute Gasteiger partial charge is 0.393 e. The number of benzene rings is 1. The number of nitrogens with two attached hydrogens (primary N) is 1. The lowest BCUT2D eigenvalue weighted by atomic mass is 9.98. The molecule has 1 aromatic rings. The Morgan fingerprint density at radius 2 is 2.21 bits per heavy atom. The van der Waals surface area contributed by atoms with Crippen LogP contribution in [0.1, 0.15) is 18.9 Å². The van der Waals surface area contributed by atoms with Crippen LogP contribution in [0.5, 0.6) is 0 Å². The van der Waals surface area contributed by atoms with Gasteiger partial charge in [-0.15, -0.1) is 0 Å². The summed E-state index contributed by atoms with van der Waals surface area (Å²) in [6, 6.07) is 4.81. The molecule has 0 atom stereocenters. The number of hydrogen-bond acceptors (Lipinski definition) is 4.